The predicted molar refractivity (Wildman–Crippen MR) is 168 cm³/mol. The highest BCUT2D eigenvalue weighted by Gasteiger charge is 2.18. The average Bonchev–Trinajstić information content (AvgIpc) is 3.06. The number of pyridine rings is 1. The molecule has 0 radical (unpaired) electrons. The van der Waals surface area contributed by atoms with E-state index in [2.05, 4.69) is 4.98 Å². The molecule has 0 aliphatic rings. The minimum absolute atomic E-state index is 0.0685. The molecule has 3 atom stereocenters. The van der Waals surface area contributed by atoms with Crippen LogP contribution in [-0.4, -0.2) is 68.1 Å². The molecule has 45 heavy (non-hydrogen) atoms. The van der Waals surface area contributed by atoms with E-state index in [0.29, 0.717) is 41.5 Å². The molecule has 0 amide bonds. The van der Waals surface area contributed by atoms with Gasteiger partial charge in [0, 0.05) is 11.8 Å². The molecular weight excluding hydrogens is 578 g/mol. The number of methoxy groups -OCH3 is 1. The van der Waals surface area contributed by atoms with Crippen LogP contribution in [0.1, 0.15) is 68.2 Å². The normalized spacial score (nSPS) is 13.0. The number of carbonyl (C=O) groups excluding carboxylic acids is 3. The number of ether oxygens (including phenoxy) is 6. The van der Waals surface area contributed by atoms with Crippen LogP contribution in [0.5, 0.6) is 11.5 Å². The second-order valence-electron chi connectivity index (χ2n) is 10.7. The van der Waals surface area contributed by atoms with E-state index in [9.17, 15) is 14.4 Å². The summed E-state index contributed by atoms with van der Waals surface area (Å²) >= 11 is 0. The first-order chi connectivity index (χ1) is 21.6. The van der Waals surface area contributed by atoms with Crippen molar-refractivity contribution in [2.45, 2.75) is 65.8 Å². The molecule has 1 aromatic heterocycles. The van der Waals surface area contributed by atoms with Gasteiger partial charge in [-0.2, -0.15) is 0 Å². The Labute approximate surface area is 265 Å². The fourth-order valence-electron chi connectivity index (χ4n) is 4.23. The van der Waals surface area contributed by atoms with E-state index in [1.54, 1.807) is 60.7 Å². The first-order valence-electron chi connectivity index (χ1n) is 15.2. The summed E-state index contributed by atoms with van der Waals surface area (Å²) in [6, 6.07) is 17.0. The number of aromatic nitrogens is 1. The van der Waals surface area contributed by atoms with E-state index < -0.39 is 11.9 Å². The van der Waals surface area contributed by atoms with Crippen molar-refractivity contribution in [3.8, 4) is 22.8 Å². The van der Waals surface area contributed by atoms with Gasteiger partial charge in [-0.3, -0.25) is 9.78 Å². The summed E-state index contributed by atoms with van der Waals surface area (Å²) in [6.45, 7) is 10.5. The van der Waals surface area contributed by atoms with E-state index in [4.69, 9.17) is 28.4 Å². The molecule has 3 rings (SSSR count). The summed E-state index contributed by atoms with van der Waals surface area (Å²) in [7, 11) is 1.32. The zero-order chi connectivity index (χ0) is 32.8. The van der Waals surface area contributed by atoms with Gasteiger partial charge in [0.1, 0.15) is 24.2 Å². The maximum Gasteiger partial charge on any atom is 0.343 e. The van der Waals surface area contributed by atoms with Crippen molar-refractivity contribution in [1.82, 2.24) is 4.98 Å². The third kappa shape index (κ3) is 11.3. The Kier molecular flexibility index (Phi) is 14.0. The lowest BCUT2D eigenvalue weighted by molar-refractivity contribution is -0.153. The Hall–Kier alpha value is -4.28. The largest absolute Gasteiger partial charge is 0.488 e. The van der Waals surface area contributed by atoms with Gasteiger partial charge in [-0.25, -0.2) is 9.59 Å². The standard InChI is InChI=1S/C35H43NO9/c1-7-26(8-2)34(38)43-21-24(4)41-20-23(3)42-22-25(5)44-30-16-11-28(12-17-30)35(39)45-31-14-9-27(10-15-31)32-18-13-29(19-36-32)33(37)40-6/h9-19,23-26H,7-8,20-22H2,1-6H3. The van der Waals surface area contributed by atoms with Crippen molar-refractivity contribution in [3.05, 3.63) is 78.0 Å². The van der Waals surface area contributed by atoms with Gasteiger partial charge in [0.2, 0.25) is 0 Å². The molecule has 0 aliphatic carbocycles. The highest BCUT2D eigenvalue weighted by molar-refractivity contribution is 5.91. The van der Waals surface area contributed by atoms with E-state index >= 15 is 0 Å². The van der Waals surface area contributed by atoms with Crippen LogP contribution in [-0.2, 0) is 23.7 Å². The molecule has 0 saturated heterocycles. The Morgan fingerprint density at radius 3 is 1.84 bits per heavy atom. The van der Waals surface area contributed by atoms with E-state index in [-0.39, 0.29) is 36.8 Å². The van der Waals surface area contributed by atoms with Crippen molar-refractivity contribution in [2.24, 2.45) is 5.92 Å². The van der Waals surface area contributed by atoms with Gasteiger partial charge >= 0.3 is 17.9 Å². The first kappa shape index (κ1) is 35.2. The van der Waals surface area contributed by atoms with Gasteiger partial charge in [0.25, 0.3) is 0 Å². The fourth-order valence-corrected chi connectivity index (χ4v) is 4.23. The Morgan fingerprint density at radius 1 is 0.689 bits per heavy atom. The van der Waals surface area contributed by atoms with Gasteiger partial charge in [-0.1, -0.05) is 13.8 Å². The lowest BCUT2D eigenvalue weighted by Crippen LogP contribution is -2.28. The van der Waals surface area contributed by atoms with Gasteiger partial charge in [-0.05, 0) is 94.3 Å². The summed E-state index contributed by atoms with van der Waals surface area (Å²) in [5, 5.41) is 0. The van der Waals surface area contributed by atoms with Crippen molar-refractivity contribution in [3.63, 3.8) is 0 Å². The van der Waals surface area contributed by atoms with E-state index in [0.717, 1.165) is 18.4 Å². The van der Waals surface area contributed by atoms with Crippen LogP contribution in [0.2, 0.25) is 0 Å². The molecule has 0 bridgehead atoms. The second kappa shape index (κ2) is 17.9. The third-order valence-electron chi connectivity index (χ3n) is 6.98. The van der Waals surface area contributed by atoms with Crippen molar-refractivity contribution in [2.75, 3.05) is 26.9 Å². The molecule has 0 saturated carbocycles. The van der Waals surface area contributed by atoms with Crippen LogP contribution in [0, 0.1) is 5.92 Å². The van der Waals surface area contributed by atoms with Crippen LogP contribution in [0.25, 0.3) is 11.3 Å². The summed E-state index contributed by atoms with van der Waals surface area (Å²) in [6.07, 6.45) is 2.33. The van der Waals surface area contributed by atoms with Crippen LogP contribution in [0.3, 0.4) is 0 Å². The first-order valence-corrected chi connectivity index (χ1v) is 15.2. The minimum atomic E-state index is -0.500. The number of nitrogens with zero attached hydrogens (tertiary/aromatic N) is 1. The summed E-state index contributed by atoms with van der Waals surface area (Å²) in [4.78, 5) is 40.6. The average molecular weight is 622 g/mol. The molecule has 0 N–H and O–H groups in total. The molecule has 1 heterocycles. The predicted octanol–water partition coefficient (Wildman–Crippen LogP) is 6.31. The zero-order valence-corrected chi connectivity index (χ0v) is 26.8. The maximum absolute atomic E-state index is 12.7. The minimum Gasteiger partial charge on any atom is -0.488 e. The highest BCUT2D eigenvalue weighted by Crippen LogP contribution is 2.22. The number of hydrogen-bond donors (Lipinski definition) is 0. The molecule has 2 aromatic carbocycles. The molecular formula is C35H43NO9. The lowest BCUT2D eigenvalue weighted by Gasteiger charge is -2.21. The molecule has 0 spiro atoms. The van der Waals surface area contributed by atoms with Crippen LogP contribution < -0.4 is 9.47 Å². The van der Waals surface area contributed by atoms with Gasteiger partial charge in [0.15, 0.2) is 0 Å². The van der Waals surface area contributed by atoms with E-state index in [1.807, 2.05) is 34.6 Å². The van der Waals surface area contributed by atoms with Crippen LogP contribution >= 0.6 is 0 Å². The topological polar surface area (TPSA) is 119 Å². The van der Waals surface area contributed by atoms with Crippen molar-refractivity contribution >= 4 is 17.9 Å². The highest BCUT2D eigenvalue weighted by atomic mass is 16.6. The van der Waals surface area contributed by atoms with Gasteiger partial charge in [0.05, 0.1) is 55.3 Å². The molecule has 242 valence electrons. The van der Waals surface area contributed by atoms with E-state index in [1.165, 1.54) is 13.3 Å². The summed E-state index contributed by atoms with van der Waals surface area (Å²) in [5.41, 5.74) is 2.21. The zero-order valence-electron chi connectivity index (χ0n) is 26.8. The number of hydrogen-bond acceptors (Lipinski definition) is 10. The number of benzene rings is 2. The molecule has 10 nitrogen and oxygen atoms in total. The van der Waals surface area contributed by atoms with Crippen molar-refractivity contribution in [1.29, 1.82) is 0 Å². The molecule has 0 aliphatic heterocycles. The second-order valence-corrected chi connectivity index (χ2v) is 10.7. The number of rotatable bonds is 17. The van der Waals surface area contributed by atoms with Gasteiger partial charge < -0.3 is 28.4 Å². The van der Waals surface area contributed by atoms with Crippen LogP contribution in [0.15, 0.2) is 66.9 Å². The Balaban J connectivity index is 1.39. The Bertz CT molecular complexity index is 1350. The fraction of sp³-hybridized carbons (Fsp3) is 0.429. The number of carbonyl (C=O) groups is 3. The summed E-state index contributed by atoms with van der Waals surface area (Å²) < 4.78 is 33.1. The summed E-state index contributed by atoms with van der Waals surface area (Å²) in [5.74, 6) is -0.222. The SMILES string of the molecule is CCC(CC)C(=O)OCC(C)OCC(C)OCC(C)Oc1ccc(C(=O)Oc2ccc(-c3ccc(C(=O)OC)cn3)cc2)cc1. The third-order valence-corrected chi connectivity index (χ3v) is 6.98. The maximum atomic E-state index is 12.7. The lowest BCUT2D eigenvalue weighted by atomic mass is 10.0. The monoisotopic (exact) mass is 621 g/mol. The smallest absolute Gasteiger partial charge is 0.343 e. The quantitative estimate of drug-likeness (QED) is 0.125. The van der Waals surface area contributed by atoms with Gasteiger partial charge in [-0.15, -0.1) is 0 Å². The molecule has 3 unspecified atom stereocenters. The molecule has 3 aromatic rings. The number of esters is 3. The van der Waals surface area contributed by atoms with Crippen molar-refractivity contribution < 1.29 is 42.8 Å². The Morgan fingerprint density at radius 2 is 1.27 bits per heavy atom. The molecule has 10 heteroatoms. The van der Waals surface area contributed by atoms with Crippen LogP contribution in [0.4, 0.5) is 0 Å². The molecule has 0 fully saturated rings.